The van der Waals surface area contributed by atoms with E-state index in [2.05, 4.69) is 5.32 Å². The molecular weight excluding hydrogens is 270 g/mol. The topological polar surface area (TPSA) is 79.5 Å². The van der Waals surface area contributed by atoms with Gasteiger partial charge in [-0.05, 0) is 42.8 Å². The van der Waals surface area contributed by atoms with E-state index in [1.54, 1.807) is 42.7 Å². The fraction of sp³-hybridized carbons (Fsp3) is 0.125. The predicted octanol–water partition coefficient (Wildman–Crippen LogP) is 2.87. The van der Waals surface area contributed by atoms with Crippen LogP contribution in [-0.4, -0.2) is 17.0 Å². The van der Waals surface area contributed by atoms with Crippen LogP contribution < -0.4 is 5.32 Å². The molecule has 0 radical (unpaired) electrons. The van der Waals surface area contributed by atoms with Gasteiger partial charge in [-0.1, -0.05) is 12.1 Å². The first-order valence-electron chi connectivity index (χ1n) is 6.41. The van der Waals surface area contributed by atoms with E-state index in [1.165, 1.54) is 6.08 Å². The Hall–Kier alpha value is -2.82. The average molecular weight is 285 g/mol. The largest absolute Gasteiger partial charge is 0.478 e. The number of nitrogens with one attached hydrogen (secondary N) is 1. The average Bonchev–Trinajstić information content (AvgIpc) is 2.99. The van der Waals surface area contributed by atoms with Crippen molar-refractivity contribution in [3.8, 4) is 0 Å². The highest BCUT2D eigenvalue weighted by Crippen LogP contribution is 2.14. The quantitative estimate of drug-likeness (QED) is 0.828. The molecule has 0 aliphatic rings. The lowest BCUT2D eigenvalue weighted by molar-refractivity contribution is -0.131. The molecule has 2 aromatic rings. The second-order valence-electron chi connectivity index (χ2n) is 4.51. The number of hydrogen-bond donors (Lipinski definition) is 2. The van der Waals surface area contributed by atoms with Crippen molar-refractivity contribution in [2.75, 3.05) is 0 Å². The molecule has 1 amide bonds. The molecule has 0 aliphatic heterocycles. The van der Waals surface area contributed by atoms with Crippen molar-refractivity contribution in [2.24, 2.45) is 0 Å². The SMILES string of the molecule is CC(NC(=O)c1cccc(C=CC(=O)O)c1)c1ccco1. The van der Waals surface area contributed by atoms with Crippen molar-refractivity contribution in [2.45, 2.75) is 13.0 Å². The van der Waals surface area contributed by atoms with Gasteiger partial charge in [0.2, 0.25) is 0 Å². The summed E-state index contributed by atoms with van der Waals surface area (Å²) in [6.07, 6.45) is 4.02. The molecule has 21 heavy (non-hydrogen) atoms. The van der Waals surface area contributed by atoms with Gasteiger partial charge in [-0.15, -0.1) is 0 Å². The van der Waals surface area contributed by atoms with E-state index >= 15 is 0 Å². The molecule has 2 N–H and O–H groups in total. The fourth-order valence-electron chi connectivity index (χ4n) is 1.84. The van der Waals surface area contributed by atoms with Crippen LogP contribution in [0.4, 0.5) is 0 Å². The second-order valence-corrected chi connectivity index (χ2v) is 4.51. The van der Waals surface area contributed by atoms with E-state index in [9.17, 15) is 9.59 Å². The van der Waals surface area contributed by atoms with Crippen LogP contribution in [-0.2, 0) is 4.79 Å². The predicted molar refractivity (Wildman–Crippen MR) is 77.7 cm³/mol. The molecule has 5 nitrogen and oxygen atoms in total. The lowest BCUT2D eigenvalue weighted by Gasteiger charge is -2.11. The highest BCUT2D eigenvalue weighted by atomic mass is 16.4. The van der Waals surface area contributed by atoms with Crippen LogP contribution in [0.1, 0.15) is 34.6 Å². The third kappa shape index (κ3) is 4.07. The van der Waals surface area contributed by atoms with Crippen LogP contribution >= 0.6 is 0 Å². The molecule has 0 spiro atoms. The maximum absolute atomic E-state index is 12.1. The molecule has 0 saturated heterocycles. The summed E-state index contributed by atoms with van der Waals surface area (Å²) in [4.78, 5) is 22.6. The third-order valence-electron chi connectivity index (χ3n) is 2.88. The van der Waals surface area contributed by atoms with Crippen LogP contribution in [0.2, 0.25) is 0 Å². The summed E-state index contributed by atoms with van der Waals surface area (Å²) in [5.74, 6) is -0.606. The van der Waals surface area contributed by atoms with Crippen LogP contribution in [0.3, 0.4) is 0 Å². The number of benzene rings is 1. The minimum absolute atomic E-state index is 0.245. The van der Waals surface area contributed by atoms with Gasteiger partial charge >= 0.3 is 5.97 Å². The molecular formula is C16H15NO4. The van der Waals surface area contributed by atoms with Crippen LogP contribution in [0.25, 0.3) is 6.08 Å². The molecule has 108 valence electrons. The van der Waals surface area contributed by atoms with E-state index in [0.29, 0.717) is 16.9 Å². The lowest BCUT2D eigenvalue weighted by atomic mass is 10.1. The Kier molecular flexibility index (Phi) is 4.56. The fourth-order valence-corrected chi connectivity index (χ4v) is 1.84. The number of aliphatic carboxylic acids is 1. The summed E-state index contributed by atoms with van der Waals surface area (Å²) in [5.41, 5.74) is 1.11. The molecule has 1 unspecified atom stereocenters. The van der Waals surface area contributed by atoms with Gasteiger partial charge in [-0.25, -0.2) is 4.79 Å². The van der Waals surface area contributed by atoms with Crippen molar-refractivity contribution in [1.82, 2.24) is 5.32 Å². The Morgan fingerprint density at radius 3 is 2.76 bits per heavy atom. The molecule has 0 saturated carbocycles. The van der Waals surface area contributed by atoms with Gasteiger partial charge in [-0.2, -0.15) is 0 Å². The summed E-state index contributed by atoms with van der Waals surface area (Å²) in [7, 11) is 0. The van der Waals surface area contributed by atoms with Crippen molar-refractivity contribution in [1.29, 1.82) is 0 Å². The molecule has 2 rings (SSSR count). The Balaban J connectivity index is 2.09. The number of hydrogen-bond acceptors (Lipinski definition) is 3. The van der Waals surface area contributed by atoms with Gasteiger partial charge in [0.15, 0.2) is 0 Å². The first-order valence-corrected chi connectivity index (χ1v) is 6.41. The van der Waals surface area contributed by atoms with Gasteiger partial charge in [0.25, 0.3) is 5.91 Å². The smallest absolute Gasteiger partial charge is 0.328 e. The first-order chi connectivity index (χ1) is 10.1. The van der Waals surface area contributed by atoms with Gasteiger partial charge in [0, 0.05) is 11.6 Å². The summed E-state index contributed by atoms with van der Waals surface area (Å²) in [5, 5.41) is 11.4. The molecule has 1 aromatic heterocycles. The van der Waals surface area contributed by atoms with Crippen molar-refractivity contribution in [3.05, 3.63) is 65.6 Å². The maximum Gasteiger partial charge on any atom is 0.328 e. The van der Waals surface area contributed by atoms with Crippen LogP contribution in [0, 0.1) is 0 Å². The van der Waals surface area contributed by atoms with E-state index in [4.69, 9.17) is 9.52 Å². The van der Waals surface area contributed by atoms with Gasteiger partial charge < -0.3 is 14.8 Å². The molecule has 1 heterocycles. The summed E-state index contributed by atoms with van der Waals surface area (Å²) in [6, 6.07) is 10.0. The number of carbonyl (C=O) groups excluding carboxylic acids is 1. The zero-order valence-corrected chi connectivity index (χ0v) is 11.4. The summed E-state index contributed by atoms with van der Waals surface area (Å²) >= 11 is 0. The van der Waals surface area contributed by atoms with E-state index in [-0.39, 0.29) is 11.9 Å². The van der Waals surface area contributed by atoms with Gasteiger partial charge in [0.05, 0.1) is 12.3 Å². The molecule has 1 atom stereocenters. The number of carboxylic acid groups (broad SMARTS) is 1. The zero-order valence-electron chi connectivity index (χ0n) is 11.4. The van der Waals surface area contributed by atoms with Crippen LogP contribution in [0.15, 0.2) is 53.2 Å². The molecule has 1 aromatic carbocycles. The zero-order chi connectivity index (χ0) is 15.2. The Morgan fingerprint density at radius 1 is 1.29 bits per heavy atom. The molecule has 0 fully saturated rings. The second kappa shape index (κ2) is 6.56. The third-order valence-corrected chi connectivity index (χ3v) is 2.88. The first kappa shape index (κ1) is 14.6. The normalized spacial score (nSPS) is 12.2. The van der Waals surface area contributed by atoms with Crippen molar-refractivity contribution in [3.63, 3.8) is 0 Å². The maximum atomic E-state index is 12.1. The number of carbonyl (C=O) groups is 2. The van der Waals surface area contributed by atoms with E-state index < -0.39 is 5.97 Å². The number of rotatable bonds is 5. The number of amides is 1. The summed E-state index contributed by atoms with van der Waals surface area (Å²) < 4.78 is 5.23. The van der Waals surface area contributed by atoms with Crippen molar-refractivity contribution < 1.29 is 19.1 Å². The monoisotopic (exact) mass is 285 g/mol. The van der Waals surface area contributed by atoms with Gasteiger partial charge in [-0.3, -0.25) is 4.79 Å². The highest BCUT2D eigenvalue weighted by molar-refractivity contribution is 5.95. The summed E-state index contributed by atoms with van der Waals surface area (Å²) in [6.45, 7) is 1.82. The minimum Gasteiger partial charge on any atom is -0.478 e. The van der Waals surface area contributed by atoms with Crippen molar-refractivity contribution >= 4 is 18.0 Å². The Bertz CT molecular complexity index is 659. The van der Waals surface area contributed by atoms with E-state index in [1.807, 2.05) is 6.92 Å². The standard InChI is InChI=1S/C16H15NO4/c1-11(14-6-3-9-21-14)17-16(20)13-5-2-4-12(10-13)7-8-15(18)19/h2-11H,1H3,(H,17,20)(H,18,19). The number of carboxylic acids is 1. The highest BCUT2D eigenvalue weighted by Gasteiger charge is 2.13. The Labute approximate surface area is 121 Å². The minimum atomic E-state index is -1.03. The number of furan rings is 1. The van der Waals surface area contributed by atoms with Gasteiger partial charge in [0.1, 0.15) is 5.76 Å². The van der Waals surface area contributed by atoms with E-state index in [0.717, 1.165) is 6.08 Å². The lowest BCUT2D eigenvalue weighted by Crippen LogP contribution is -2.26. The molecule has 0 bridgehead atoms. The molecule has 5 heteroatoms. The molecule has 0 aliphatic carbocycles. The Morgan fingerprint density at radius 2 is 2.10 bits per heavy atom. The van der Waals surface area contributed by atoms with Crippen LogP contribution in [0.5, 0.6) is 0 Å².